The second-order valence-corrected chi connectivity index (χ2v) is 9.22. The van der Waals surface area contributed by atoms with Crippen molar-refractivity contribution in [1.82, 2.24) is 19.1 Å². The first kappa shape index (κ1) is 20.2. The van der Waals surface area contributed by atoms with Gasteiger partial charge in [-0.05, 0) is 25.0 Å². The Morgan fingerprint density at radius 3 is 2.63 bits per heavy atom. The molecule has 30 heavy (non-hydrogen) atoms. The van der Waals surface area contributed by atoms with Crippen molar-refractivity contribution in [2.24, 2.45) is 7.05 Å². The number of fused-ring (bicyclic) bond motifs is 1. The van der Waals surface area contributed by atoms with E-state index in [1.807, 2.05) is 0 Å². The van der Waals surface area contributed by atoms with Crippen LogP contribution in [0.3, 0.4) is 0 Å². The van der Waals surface area contributed by atoms with Crippen LogP contribution in [-0.4, -0.2) is 40.9 Å². The number of sulfonamides is 1. The summed E-state index contributed by atoms with van der Waals surface area (Å²) in [4.78, 5) is 21.7. The molecule has 1 aliphatic rings. The van der Waals surface area contributed by atoms with Crippen LogP contribution in [0.25, 0.3) is 11.2 Å². The van der Waals surface area contributed by atoms with Gasteiger partial charge in [0.05, 0.1) is 30.9 Å². The molecule has 1 fully saturated rings. The maximum Gasteiger partial charge on any atom is 0.330 e. The van der Waals surface area contributed by atoms with Gasteiger partial charge in [-0.15, -0.1) is 0 Å². The van der Waals surface area contributed by atoms with E-state index in [1.165, 1.54) is 7.11 Å². The topological polar surface area (TPSA) is 120 Å². The predicted molar refractivity (Wildman–Crippen MR) is 115 cm³/mol. The zero-order valence-corrected chi connectivity index (χ0v) is 17.9. The predicted octanol–water partition coefficient (Wildman–Crippen LogP) is 2.37. The van der Waals surface area contributed by atoms with Crippen LogP contribution in [0.2, 0.25) is 0 Å². The van der Waals surface area contributed by atoms with Gasteiger partial charge in [-0.3, -0.25) is 13.9 Å². The minimum absolute atomic E-state index is 0.0860. The SMILES string of the molecule is COc1cc(NS(C)(=O)=O)ccc1Nc1ncc2c(n1)n(C1CCCC1)c(=O)n2C. The molecule has 10 nitrogen and oxygen atoms in total. The summed E-state index contributed by atoms with van der Waals surface area (Å²) in [6.07, 6.45) is 6.86. The van der Waals surface area contributed by atoms with Crippen molar-refractivity contribution in [2.45, 2.75) is 31.7 Å². The monoisotopic (exact) mass is 432 g/mol. The van der Waals surface area contributed by atoms with E-state index in [1.54, 1.807) is 40.6 Å². The van der Waals surface area contributed by atoms with Gasteiger partial charge < -0.3 is 10.1 Å². The van der Waals surface area contributed by atoms with E-state index < -0.39 is 10.0 Å². The van der Waals surface area contributed by atoms with E-state index >= 15 is 0 Å². The Balaban J connectivity index is 1.70. The van der Waals surface area contributed by atoms with Gasteiger partial charge >= 0.3 is 5.69 Å². The van der Waals surface area contributed by atoms with Gasteiger partial charge in [0.25, 0.3) is 0 Å². The number of ether oxygens (including phenoxy) is 1. The molecule has 0 amide bonds. The maximum absolute atomic E-state index is 12.8. The Morgan fingerprint density at radius 2 is 1.97 bits per heavy atom. The maximum atomic E-state index is 12.8. The van der Waals surface area contributed by atoms with Gasteiger partial charge in [-0.25, -0.2) is 18.2 Å². The molecule has 0 unspecified atom stereocenters. The summed E-state index contributed by atoms with van der Waals surface area (Å²) in [5, 5.41) is 3.10. The molecule has 1 saturated carbocycles. The van der Waals surface area contributed by atoms with Crippen LogP contribution < -0.4 is 20.5 Å². The second kappa shape index (κ2) is 7.63. The highest BCUT2D eigenvalue weighted by Crippen LogP contribution is 2.32. The molecular weight excluding hydrogens is 408 g/mol. The van der Waals surface area contributed by atoms with E-state index in [9.17, 15) is 13.2 Å². The molecule has 2 N–H and O–H groups in total. The number of aryl methyl sites for hydroxylation is 1. The van der Waals surface area contributed by atoms with Gasteiger partial charge in [-0.1, -0.05) is 12.8 Å². The van der Waals surface area contributed by atoms with Crippen LogP contribution >= 0.6 is 0 Å². The number of benzene rings is 1. The van der Waals surface area contributed by atoms with Crippen LogP contribution in [0, 0.1) is 0 Å². The lowest BCUT2D eigenvalue weighted by molar-refractivity contribution is 0.417. The summed E-state index contributed by atoms with van der Waals surface area (Å²) in [6, 6.07) is 5.01. The lowest BCUT2D eigenvalue weighted by Crippen LogP contribution is -2.25. The fraction of sp³-hybridized carbons (Fsp3) is 0.421. The Labute approximate surface area is 174 Å². The van der Waals surface area contributed by atoms with Crippen molar-refractivity contribution in [2.75, 3.05) is 23.4 Å². The van der Waals surface area contributed by atoms with Crippen molar-refractivity contribution in [3.8, 4) is 5.75 Å². The third-order valence-electron chi connectivity index (χ3n) is 5.27. The molecule has 3 aromatic rings. The number of aromatic nitrogens is 4. The highest BCUT2D eigenvalue weighted by molar-refractivity contribution is 7.92. The molecule has 2 heterocycles. The highest BCUT2D eigenvalue weighted by atomic mass is 32.2. The highest BCUT2D eigenvalue weighted by Gasteiger charge is 2.24. The van der Waals surface area contributed by atoms with Crippen LogP contribution in [0.15, 0.2) is 29.2 Å². The minimum Gasteiger partial charge on any atom is -0.494 e. The summed E-state index contributed by atoms with van der Waals surface area (Å²) in [7, 11) is -0.183. The fourth-order valence-corrected chi connectivity index (χ4v) is 4.44. The zero-order chi connectivity index (χ0) is 21.5. The van der Waals surface area contributed by atoms with Gasteiger partial charge in [-0.2, -0.15) is 4.98 Å². The number of rotatable bonds is 6. The van der Waals surface area contributed by atoms with Crippen molar-refractivity contribution < 1.29 is 13.2 Å². The fourth-order valence-electron chi connectivity index (χ4n) is 3.88. The molecule has 1 aromatic carbocycles. The third kappa shape index (κ3) is 3.84. The largest absolute Gasteiger partial charge is 0.494 e. The Hall–Kier alpha value is -3.08. The number of hydrogen-bond acceptors (Lipinski definition) is 7. The van der Waals surface area contributed by atoms with Crippen LogP contribution in [0.5, 0.6) is 5.75 Å². The average Bonchev–Trinajstić information content (AvgIpc) is 3.29. The Kier molecular flexibility index (Phi) is 5.14. The molecule has 0 aliphatic heterocycles. The molecule has 0 radical (unpaired) electrons. The summed E-state index contributed by atoms with van der Waals surface area (Å²) in [5.41, 5.74) is 2.14. The lowest BCUT2D eigenvalue weighted by atomic mass is 10.2. The molecule has 1 aliphatic carbocycles. The van der Waals surface area contributed by atoms with Crippen LogP contribution in [-0.2, 0) is 17.1 Å². The molecule has 2 aromatic heterocycles. The van der Waals surface area contributed by atoms with Gasteiger partial charge in [0.1, 0.15) is 11.3 Å². The second-order valence-electron chi connectivity index (χ2n) is 7.47. The smallest absolute Gasteiger partial charge is 0.330 e. The van der Waals surface area contributed by atoms with E-state index in [0.29, 0.717) is 34.2 Å². The zero-order valence-electron chi connectivity index (χ0n) is 17.0. The van der Waals surface area contributed by atoms with Crippen LogP contribution in [0.4, 0.5) is 17.3 Å². The molecule has 0 saturated heterocycles. The molecule has 4 rings (SSSR count). The summed E-state index contributed by atoms with van der Waals surface area (Å²) in [6.45, 7) is 0. The summed E-state index contributed by atoms with van der Waals surface area (Å²) in [5.74, 6) is 0.746. The van der Waals surface area contributed by atoms with Crippen molar-refractivity contribution in [3.05, 3.63) is 34.9 Å². The number of nitrogens with one attached hydrogen (secondary N) is 2. The van der Waals surface area contributed by atoms with E-state index in [4.69, 9.17) is 4.74 Å². The average molecular weight is 433 g/mol. The molecule has 0 spiro atoms. The first-order valence-electron chi connectivity index (χ1n) is 9.63. The van der Waals surface area contributed by atoms with E-state index in [-0.39, 0.29) is 11.7 Å². The van der Waals surface area contributed by atoms with Gasteiger partial charge in [0.15, 0.2) is 5.65 Å². The van der Waals surface area contributed by atoms with E-state index in [0.717, 1.165) is 31.9 Å². The quantitative estimate of drug-likeness (QED) is 0.613. The normalized spacial score (nSPS) is 14.9. The Morgan fingerprint density at radius 1 is 1.23 bits per heavy atom. The van der Waals surface area contributed by atoms with Crippen molar-refractivity contribution in [1.29, 1.82) is 0 Å². The molecule has 0 bridgehead atoms. The number of imidazole rings is 1. The molecule has 11 heteroatoms. The van der Waals surface area contributed by atoms with Crippen molar-refractivity contribution >= 4 is 38.5 Å². The van der Waals surface area contributed by atoms with Crippen molar-refractivity contribution in [3.63, 3.8) is 0 Å². The first-order valence-corrected chi connectivity index (χ1v) is 11.5. The molecule has 160 valence electrons. The first-order chi connectivity index (χ1) is 14.3. The summed E-state index contributed by atoms with van der Waals surface area (Å²) >= 11 is 0. The summed E-state index contributed by atoms with van der Waals surface area (Å²) < 4.78 is 34.0. The number of anilines is 3. The number of hydrogen-bond donors (Lipinski definition) is 2. The van der Waals surface area contributed by atoms with Gasteiger partial charge in [0.2, 0.25) is 16.0 Å². The minimum atomic E-state index is -3.40. The van der Waals surface area contributed by atoms with Crippen LogP contribution in [0.1, 0.15) is 31.7 Å². The lowest BCUT2D eigenvalue weighted by Gasteiger charge is -2.13. The molecular formula is C19H24N6O4S. The standard InChI is InChI=1S/C19H24N6O4S/c1-24-15-11-20-18(22-17(15)25(19(24)26)13-6-4-5-7-13)21-14-9-8-12(10-16(14)29-2)23-30(3,27)28/h8-11,13,23H,4-7H2,1-3H3,(H,20,21,22). The number of nitrogens with zero attached hydrogens (tertiary/aromatic N) is 4. The third-order valence-corrected chi connectivity index (χ3v) is 5.88. The van der Waals surface area contributed by atoms with E-state index in [2.05, 4.69) is 20.0 Å². The van der Waals surface area contributed by atoms with Gasteiger partial charge in [0, 0.05) is 19.2 Å². The molecule has 0 atom stereocenters. The number of methoxy groups -OCH3 is 1. The Bertz CT molecular complexity index is 1260.